The Labute approximate surface area is 106 Å². The number of halogens is 3. The van der Waals surface area contributed by atoms with E-state index < -0.39 is 22.8 Å². The molecule has 18 heavy (non-hydrogen) atoms. The van der Waals surface area contributed by atoms with Crippen molar-refractivity contribution in [1.29, 1.82) is 0 Å². The fraction of sp³-hybridized carbons (Fsp3) is 0.500. The van der Waals surface area contributed by atoms with Crippen LogP contribution in [0.15, 0.2) is 24.3 Å². The molecule has 2 nitrogen and oxygen atoms in total. The Morgan fingerprint density at radius 1 is 1.33 bits per heavy atom. The molecule has 1 saturated heterocycles. The van der Waals surface area contributed by atoms with Gasteiger partial charge in [-0.05, 0) is 23.6 Å². The molecule has 0 N–H and O–H groups in total. The Balaban J connectivity index is 2.12. The fourth-order valence-electron chi connectivity index (χ4n) is 1.97. The quantitative estimate of drug-likeness (QED) is 0.831. The van der Waals surface area contributed by atoms with E-state index in [4.69, 9.17) is 4.18 Å². The van der Waals surface area contributed by atoms with Crippen molar-refractivity contribution in [2.45, 2.75) is 19.0 Å². The maximum Gasteiger partial charge on any atom is 0.416 e. The van der Waals surface area contributed by atoms with Gasteiger partial charge in [-0.2, -0.15) is 13.2 Å². The van der Waals surface area contributed by atoms with Gasteiger partial charge in [0.25, 0.3) is 0 Å². The van der Waals surface area contributed by atoms with E-state index in [9.17, 15) is 17.4 Å². The molecule has 0 saturated carbocycles. The van der Waals surface area contributed by atoms with E-state index in [1.54, 1.807) is 0 Å². The predicted molar refractivity (Wildman–Crippen MR) is 62.3 cm³/mol. The van der Waals surface area contributed by atoms with E-state index in [1.165, 1.54) is 12.1 Å². The lowest BCUT2D eigenvalue weighted by molar-refractivity contribution is -0.137. The van der Waals surface area contributed by atoms with Gasteiger partial charge in [-0.3, -0.25) is 4.18 Å². The van der Waals surface area contributed by atoms with E-state index in [1.807, 2.05) is 6.92 Å². The van der Waals surface area contributed by atoms with E-state index >= 15 is 0 Å². The molecule has 6 heteroatoms. The molecule has 0 amide bonds. The maximum absolute atomic E-state index is 12.4. The summed E-state index contributed by atoms with van der Waals surface area (Å²) in [5, 5.41) is 0. The van der Waals surface area contributed by atoms with Crippen molar-refractivity contribution in [3.05, 3.63) is 35.4 Å². The van der Waals surface area contributed by atoms with E-state index in [0.717, 1.165) is 17.7 Å². The van der Waals surface area contributed by atoms with Gasteiger partial charge in [-0.1, -0.05) is 19.1 Å². The van der Waals surface area contributed by atoms with Crippen molar-refractivity contribution in [1.82, 2.24) is 0 Å². The molecule has 0 bridgehead atoms. The Bertz CT molecular complexity index is 442. The second-order valence-electron chi connectivity index (χ2n) is 4.42. The van der Waals surface area contributed by atoms with Crippen LogP contribution in [0.2, 0.25) is 0 Å². The van der Waals surface area contributed by atoms with E-state index in [2.05, 4.69) is 0 Å². The zero-order chi connectivity index (χ0) is 13.3. The van der Waals surface area contributed by atoms with E-state index in [0.29, 0.717) is 12.4 Å². The molecule has 1 heterocycles. The molecule has 0 spiro atoms. The summed E-state index contributed by atoms with van der Waals surface area (Å²) in [6.07, 6.45) is -4.31. The van der Waals surface area contributed by atoms with Gasteiger partial charge in [-0.25, -0.2) is 4.21 Å². The number of rotatable bonds is 2. The molecule has 3 atom stereocenters. The SMILES string of the molecule is CC(c1ccc(C(F)(F)F)cc1)C1COS(=O)C1. The Morgan fingerprint density at radius 3 is 2.39 bits per heavy atom. The summed E-state index contributed by atoms with van der Waals surface area (Å²) in [7, 11) is 0. The average molecular weight is 278 g/mol. The van der Waals surface area contributed by atoms with Gasteiger partial charge in [0, 0.05) is 5.92 Å². The van der Waals surface area contributed by atoms with Gasteiger partial charge in [0.2, 0.25) is 0 Å². The maximum atomic E-state index is 12.4. The third-order valence-electron chi connectivity index (χ3n) is 3.23. The first-order chi connectivity index (χ1) is 8.38. The lowest BCUT2D eigenvalue weighted by Crippen LogP contribution is -2.13. The highest BCUT2D eigenvalue weighted by atomic mass is 32.2. The molecule has 1 aromatic rings. The van der Waals surface area contributed by atoms with Crippen LogP contribution in [0.4, 0.5) is 13.2 Å². The molecular weight excluding hydrogens is 265 g/mol. The number of hydrogen-bond acceptors (Lipinski definition) is 2. The summed E-state index contributed by atoms with van der Waals surface area (Å²) in [4.78, 5) is 0. The van der Waals surface area contributed by atoms with Crippen LogP contribution in [-0.2, 0) is 21.4 Å². The van der Waals surface area contributed by atoms with Crippen LogP contribution in [0.1, 0.15) is 24.0 Å². The van der Waals surface area contributed by atoms with Gasteiger partial charge >= 0.3 is 6.18 Å². The minimum atomic E-state index is -4.31. The molecule has 0 aromatic heterocycles. The second-order valence-corrected chi connectivity index (χ2v) is 5.60. The first-order valence-corrected chi connectivity index (χ1v) is 6.81. The third-order valence-corrected chi connectivity index (χ3v) is 4.33. The molecule has 1 aliphatic heterocycles. The van der Waals surface area contributed by atoms with Crippen LogP contribution in [0.5, 0.6) is 0 Å². The van der Waals surface area contributed by atoms with Crippen LogP contribution in [-0.4, -0.2) is 16.6 Å². The van der Waals surface area contributed by atoms with Crippen molar-refractivity contribution in [2.24, 2.45) is 5.92 Å². The van der Waals surface area contributed by atoms with Gasteiger partial charge in [0.05, 0.1) is 17.9 Å². The summed E-state index contributed by atoms with van der Waals surface area (Å²) in [5.41, 5.74) is 0.167. The van der Waals surface area contributed by atoms with Gasteiger partial charge in [0.15, 0.2) is 11.1 Å². The topological polar surface area (TPSA) is 26.3 Å². The Hall–Kier alpha value is -0.880. The van der Waals surface area contributed by atoms with Crippen molar-refractivity contribution in [3.8, 4) is 0 Å². The minimum absolute atomic E-state index is 0.0405. The molecule has 0 radical (unpaired) electrons. The Kier molecular flexibility index (Phi) is 3.77. The molecule has 0 aliphatic carbocycles. The molecular formula is C12H13F3O2S. The molecule has 1 aromatic carbocycles. The zero-order valence-corrected chi connectivity index (χ0v) is 10.6. The predicted octanol–water partition coefficient (Wildman–Crippen LogP) is 3.12. The molecule has 1 fully saturated rings. The highest BCUT2D eigenvalue weighted by Gasteiger charge is 2.31. The number of hydrogen-bond donors (Lipinski definition) is 0. The van der Waals surface area contributed by atoms with Crippen molar-refractivity contribution in [2.75, 3.05) is 12.4 Å². The van der Waals surface area contributed by atoms with Crippen LogP contribution < -0.4 is 0 Å². The summed E-state index contributed by atoms with van der Waals surface area (Å²) in [5.74, 6) is 0.587. The second kappa shape index (κ2) is 5.01. The summed E-state index contributed by atoms with van der Waals surface area (Å²) in [6.45, 7) is 2.31. The number of alkyl halides is 3. The highest BCUT2D eigenvalue weighted by Crippen LogP contribution is 2.33. The van der Waals surface area contributed by atoms with Crippen molar-refractivity contribution in [3.63, 3.8) is 0 Å². The van der Waals surface area contributed by atoms with Crippen LogP contribution in [0.3, 0.4) is 0 Å². The summed E-state index contributed by atoms with van der Waals surface area (Å²) >= 11 is -1.25. The first-order valence-electron chi connectivity index (χ1n) is 5.56. The monoisotopic (exact) mass is 278 g/mol. The normalized spacial score (nSPS) is 26.2. The van der Waals surface area contributed by atoms with E-state index in [-0.39, 0.29) is 11.8 Å². The smallest absolute Gasteiger partial charge is 0.290 e. The fourth-order valence-corrected chi connectivity index (χ4v) is 3.13. The first kappa shape index (κ1) is 13.5. The van der Waals surface area contributed by atoms with Crippen molar-refractivity contribution >= 4 is 11.1 Å². The third kappa shape index (κ3) is 2.92. The zero-order valence-electron chi connectivity index (χ0n) is 9.74. The van der Waals surface area contributed by atoms with Gasteiger partial charge < -0.3 is 0 Å². The molecule has 100 valence electrons. The molecule has 2 rings (SSSR count). The molecule has 1 aliphatic rings. The van der Waals surface area contributed by atoms with Crippen LogP contribution >= 0.6 is 0 Å². The minimum Gasteiger partial charge on any atom is -0.290 e. The lowest BCUT2D eigenvalue weighted by atomic mass is 9.89. The Morgan fingerprint density at radius 2 is 1.94 bits per heavy atom. The van der Waals surface area contributed by atoms with Crippen LogP contribution in [0.25, 0.3) is 0 Å². The largest absolute Gasteiger partial charge is 0.416 e. The van der Waals surface area contributed by atoms with Crippen LogP contribution in [0, 0.1) is 5.92 Å². The highest BCUT2D eigenvalue weighted by molar-refractivity contribution is 7.80. The van der Waals surface area contributed by atoms with Gasteiger partial charge in [-0.15, -0.1) is 0 Å². The summed E-state index contributed by atoms with van der Waals surface area (Å²) in [6, 6.07) is 5.13. The average Bonchev–Trinajstić information content (AvgIpc) is 2.74. The lowest BCUT2D eigenvalue weighted by Gasteiger charge is -2.17. The standard InChI is InChI=1S/C12H13F3O2S/c1-8(10-6-17-18(16)7-10)9-2-4-11(5-3-9)12(13,14)15/h2-5,8,10H,6-7H2,1H3. The van der Waals surface area contributed by atoms with Crippen molar-refractivity contribution < 1.29 is 21.6 Å². The molecule has 3 unspecified atom stereocenters. The number of benzene rings is 1. The summed E-state index contributed by atoms with van der Waals surface area (Å²) < 4.78 is 53.3. The van der Waals surface area contributed by atoms with Gasteiger partial charge in [0.1, 0.15) is 0 Å².